The Morgan fingerprint density at radius 1 is 0.340 bits per heavy atom. The van der Waals surface area contributed by atoms with Gasteiger partial charge in [0.1, 0.15) is 0 Å². The number of fused-ring (bicyclic) bond motifs is 12. The van der Waals surface area contributed by atoms with Crippen molar-refractivity contribution < 1.29 is 0 Å². The minimum absolute atomic E-state index is 0.484. The summed E-state index contributed by atoms with van der Waals surface area (Å²) in [6, 6.07) is 70.1. The molecule has 2 aliphatic carbocycles. The molecule has 1 heterocycles. The zero-order valence-corrected chi connectivity index (χ0v) is 28.9. The average Bonchev–Trinajstić information content (AvgIpc) is 3.72. The third-order valence-electron chi connectivity index (χ3n) is 11.3. The summed E-state index contributed by atoms with van der Waals surface area (Å²) in [5.41, 5.74) is 17.2. The van der Waals surface area contributed by atoms with Gasteiger partial charge in [-0.15, -0.1) is 0 Å². The standard InChI is InChI=1S/C51H32N2/c1-3-15-33(16-4-1)34-27-29-36(30-28-34)47-32-46(35-17-5-2-6-18-35)52-50(53-47)42-31-37-19-7-8-20-38(37)49-48(42)41-23-11-14-26-45(41)51(49)43-24-12-9-21-39(43)40-22-10-13-25-44(40)51/h1-32H. The molecule has 9 aromatic rings. The lowest BCUT2D eigenvalue weighted by Gasteiger charge is -2.31. The Kier molecular flexibility index (Phi) is 6.50. The van der Waals surface area contributed by atoms with Crippen LogP contribution in [0.5, 0.6) is 0 Å². The van der Waals surface area contributed by atoms with Gasteiger partial charge in [0.25, 0.3) is 0 Å². The molecule has 0 unspecified atom stereocenters. The molecule has 2 heteroatoms. The van der Waals surface area contributed by atoms with E-state index in [4.69, 9.17) is 9.97 Å². The van der Waals surface area contributed by atoms with Crippen LogP contribution in [0.15, 0.2) is 194 Å². The lowest BCUT2D eigenvalue weighted by molar-refractivity contribution is 0.801. The van der Waals surface area contributed by atoms with Crippen LogP contribution in [0, 0.1) is 0 Å². The zero-order valence-electron chi connectivity index (χ0n) is 28.9. The normalized spacial score (nSPS) is 13.1. The van der Waals surface area contributed by atoms with Crippen molar-refractivity contribution in [3.05, 3.63) is 216 Å². The highest BCUT2D eigenvalue weighted by atomic mass is 14.9. The van der Waals surface area contributed by atoms with E-state index in [2.05, 4.69) is 194 Å². The Hall–Kier alpha value is -6.90. The van der Waals surface area contributed by atoms with Crippen LogP contribution < -0.4 is 0 Å². The smallest absolute Gasteiger partial charge is 0.161 e. The quantitative estimate of drug-likeness (QED) is 0.186. The topological polar surface area (TPSA) is 25.8 Å². The lowest BCUT2D eigenvalue weighted by atomic mass is 9.69. The summed E-state index contributed by atoms with van der Waals surface area (Å²) < 4.78 is 0. The number of hydrogen-bond donors (Lipinski definition) is 0. The van der Waals surface area contributed by atoms with Gasteiger partial charge >= 0.3 is 0 Å². The molecule has 246 valence electrons. The molecule has 0 amide bonds. The van der Waals surface area contributed by atoms with Gasteiger partial charge in [-0.2, -0.15) is 0 Å². The maximum atomic E-state index is 5.45. The molecule has 0 fully saturated rings. The van der Waals surface area contributed by atoms with Crippen molar-refractivity contribution in [2.75, 3.05) is 0 Å². The number of aromatic nitrogens is 2. The molecule has 0 N–H and O–H groups in total. The molecule has 0 saturated heterocycles. The van der Waals surface area contributed by atoms with Gasteiger partial charge in [-0.25, -0.2) is 9.97 Å². The summed E-state index contributed by atoms with van der Waals surface area (Å²) >= 11 is 0. The van der Waals surface area contributed by atoms with E-state index in [1.165, 1.54) is 66.4 Å². The van der Waals surface area contributed by atoms with E-state index in [1.54, 1.807) is 0 Å². The van der Waals surface area contributed by atoms with Crippen molar-refractivity contribution >= 4 is 10.8 Å². The maximum absolute atomic E-state index is 5.45. The van der Waals surface area contributed by atoms with Crippen LogP contribution in [-0.4, -0.2) is 9.97 Å². The minimum Gasteiger partial charge on any atom is -0.228 e. The van der Waals surface area contributed by atoms with E-state index >= 15 is 0 Å². The van der Waals surface area contributed by atoms with Crippen LogP contribution in [-0.2, 0) is 5.41 Å². The maximum Gasteiger partial charge on any atom is 0.161 e. The largest absolute Gasteiger partial charge is 0.228 e. The van der Waals surface area contributed by atoms with Gasteiger partial charge in [-0.1, -0.05) is 182 Å². The van der Waals surface area contributed by atoms with E-state index in [0.717, 1.165) is 33.9 Å². The molecule has 0 atom stereocenters. The van der Waals surface area contributed by atoms with E-state index in [1.807, 2.05) is 0 Å². The Morgan fingerprint density at radius 2 is 0.792 bits per heavy atom. The number of benzene rings is 8. The molecular weight excluding hydrogens is 641 g/mol. The molecule has 0 radical (unpaired) electrons. The third-order valence-corrected chi connectivity index (χ3v) is 11.3. The highest BCUT2D eigenvalue weighted by Crippen LogP contribution is 2.65. The highest BCUT2D eigenvalue weighted by molar-refractivity contribution is 6.08. The summed E-state index contributed by atoms with van der Waals surface area (Å²) in [7, 11) is 0. The van der Waals surface area contributed by atoms with Gasteiger partial charge in [-0.05, 0) is 78.5 Å². The van der Waals surface area contributed by atoms with Crippen molar-refractivity contribution in [3.63, 3.8) is 0 Å². The van der Waals surface area contributed by atoms with E-state index < -0.39 is 5.41 Å². The first-order chi connectivity index (χ1) is 26.3. The molecule has 11 rings (SSSR count). The SMILES string of the molecule is c1ccc(-c2ccc(-c3cc(-c4ccccc4)nc(-c4cc5ccccc5c5c4-c4ccccc4C54c5ccccc5-c5ccccc54)n3)cc2)cc1. The second kappa shape index (κ2) is 11.6. The summed E-state index contributed by atoms with van der Waals surface area (Å²) in [5, 5.41) is 2.43. The highest BCUT2D eigenvalue weighted by Gasteiger charge is 2.53. The molecule has 0 bridgehead atoms. The van der Waals surface area contributed by atoms with E-state index in [0.29, 0.717) is 0 Å². The van der Waals surface area contributed by atoms with Crippen LogP contribution in [0.3, 0.4) is 0 Å². The van der Waals surface area contributed by atoms with Gasteiger partial charge < -0.3 is 0 Å². The van der Waals surface area contributed by atoms with E-state index in [9.17, 15) is 0 Å². The van der Waals surface area contributed by atoms with Crippen molar-refractivity contribution in [1.29, 1.82) is 0 Å². The summed E-state index contributed by atoms with van der Waals surface area (Å²) in [6.07, 6.45) is 0. The van der Waals surface area contributed by atoms with Crippen molar-refractivity contribution in [3.8, 4) is 67.3 Å². The van der Waals surface area contributed by atoms with Crippen molar-refractivity contribution in [1.82, 2.24) is 9.97 Å². The second-order valence-electron chi connectivity index (χ2n) is 14.1. The summed E-state index contributed by atoms with van der Waals surface area (Å²) in [4.78, 5) is 10.9. The van der Waals surface area contributed by atoms with Gasteiger partial charge in [0, 0.05) is 16.7 Å². The fourth-order valence-corrected chi connectivity index (χ4v) is 9.09. The molecule has 2 nitrogen and oxygen atoms in total. The second-order valence-corrected chi connectivity index (χ2v) is 14.1. The van der Waals surface area contributed by atoms with Crippen LogP contribution in [0.1, 0.15) is 22.3 Å². The average molecular weight is 673 g/mol. The van der Waals surface area contributed by atoms with Crippen LogP contribution in [0.2, 0.25) is 0 Å². The molecule has 2 aliphatic rings. The molecule has 0 saturated carbocycles. The van der Waals surface area contributed by atoms with Crippen LogP contribution >= 0.6 is 0 Å². The molecule has 0 aliphatic heterocycles. The molecule has 53 heavy (non-hydrogen) atoms. The number of hydrogen-bond acceptors (Lipinski definition) is 2. The monoisotopic (exact) mass is 672 g/mol. The molecule has 1 aromatic heterocycles. The van der Waals surface area contributed by atoms with Crippen molar-refractivity contribution in [2.45, 2.75) is 5.41 Å². The number of rotatable bonds is 4. The predicted octanol–water partition coefficient (Wildman–Crippen LogP) is 12.6. The predicted molar refractivity (Wildman–Crippen MR) is 218 cm³/mol. The van der Waals surface area contributed by atoms with Gasteiger partial charge in [0.05, 0.1) is 16.8 Å². The Bertz CT molecular complexity index is 2830. The first kappa shape index (κ1) is 29.8. The number of nitrogens with zero attached hydrogens (tertiary/aromatic N) is 2. The summed E-state index contributed by atoms with van der Waals surface area (Å²) in [6.45, 7) is 0. The Morgan fingerprint density at radius 3 is 1.43 bits per heavy atom. The third kappa shape index (κ3) is 4.33. The molecule has 8 aromatic carbocycles. The first-order valence-electron chi connectivity index (χ1n) is 18.3. The summed E-state index contributed by atoms with van der Waals surface area (Å²) in [5.74, 6) is 0.724. The first-order valence-corrected chi connectivity index (χ1v) is 18.3. The molecule has 1 spiro atoms. The van der Waals surface area contributed by atoms with Crippen molar-refractivity contribution in [2.24, 2.45) is 0 Å². The Labute approximate surface area is 308 Å². The molecular formula is C51H32N2. The van der Waals surface area contributed by atoms with Gasteiger partial charge in [0.15, 0.2) is 5.82 Å². The van der Waals surface area contributed by atoms with Crippen LogP contribution in [0.4, 0.5) is 0 Å². The minimum atomic E-state index is -0.484. The lowest BCUT2D eigenvalue weighted by Crippen LogP contribution is -2.26. The zero-order chi connectivity index (χ0) is 34.9. The van der Waals surface area contributed by atoms with Gasteiger partial charge in [-0.3, -0.25) is 0 Å². The fraction of sp³-hybridized carbons (Fsp3) is 0.0196. The van der Waals surface area contributed by atoms with E-state index in [-0.39, 0.29) is 0 Å². The fourth-order valence-electron chi connectivity index (χ4n) is 9.09. The Balaban J connectivity index is 1.22. The van der Waals surface area contributed by atoms with Crippen LogP contribution in [0.25, 0.3) is 78.1 Å². The van der Waals surface area contributed by atoms with Gasteiger partial charge in [0.2, 0.25) is 0 Å².